The van der Waals surface area contributed by atoms with Crippen molar-refractivity contribution in [2.75, 3.05) is 26.2 Å². The largest absolute Gasteiger partial charge is 0.444 e. The van der Waals surface area contributed by atoms with E-state index in [0.29, 0.717) is 25.8 Å². The number of piperazine rings is 1. The predicted octanol–water partition coefficient (Wildman–Crippen LogP) is 2.26. The second-order valence-corrected chi connectivity index (χ2v) is 7.64. The summed E-state index contributed by atoms with van der Waals surface area (Å²) in [7, 11) is 0. The molecule has 0 atom stereocenters. The van der Waals surface area contributed by atoms with Gasteiger partial charge in [-0.25, -0.2) is 9.48 Å². The third-order valence-corrected chi connectivity index (χ3v) is 4.48. The highest BCUT2D eigenvalue weighted by atomic mass is 32.1. The van der Waals surface area contributed by atoms with Crippen molar-refractivity contribution in [1.29, 1.82) is 0 Å². The summed E-state index contributed by atoms with van der Waals surface area (Å²) in [4.78, 5) is 16.1. The van der Waals surface area contributed by atoms with Crippen LogP contribution in [0, 0.1) is 4.77 Å². The molecule has 1 saturated heterocycles. The first-order valence-corrected chi connectivity index (χ1v) is 8.58. The number of nitrogens with zero attached hydrogens (tertiary/aromatic N) is 5. The van der Waals surface area contributed by atoms with Crippen LogP contribution in [-0.4, -0.2) is 62.0 Å². The van der Waals surface area contributed by atoms with Crippen LogP contribution in [0.3, 0.4) is 0 Å². The molecule has 2 fully saturated rings. The second kappa shape index (κ2) is 6.24. The average Bonchev–Trinajstić information content (AvgIpc) is 3.24. The van der Waals surface area contributed by atoms with Gasteiger partial charge in [0.2, 0.25) is 0 Å². The minimum Gasteiger partial charge on any atom is -0.444 e. The molecule has 0 unspecified atom stereocenters. The van der Waals surface area contributed by atoms with Gasteiger partial charge in [0.1, 0.15) is 11.9 Å². The Morgan fingerprint density at radius 3 is 2.52 bits per heavy atom. The first-order valence-electron chi connectivity index (χ1n) is 8.18. The van der Waals surface area contributed by atoms with Crippen LogP contribution in [0.5, 0.6) is 0 Å². The minimum absolute atomic E-state index is 0.230. The summed E-state index contributed by atoms with van der Waals surface area (Å²) in [6.07, 6.45) is 4.02. The van der Waals surface area contributed by atoms with Crippen LogP contribution >= 0.6 is 12.2 Å². The van der Waals surface area contributed by atoms with E-state index in [0.717, 1.165) is 17.9 Å². The van der Waals surface area contributed by atoms with Crippen molar-refractivity contribution >= 4 is 18.3 Å². The van der Waals surface area contributed by atoms with Gasteiger partial charge in [-0.05, 0) is 45.8 Å². The number of amides is 1. The smallest absolute Gasteiger partial charge is 0.410 e. The molecule has 1 aliphatic heterocycles. The maximum Gasteiger partial charge on any atom is 0.410 e. The van der Waals surface area contributed by atoms with Crippen LogP contribution in [0.15, 0.2) is 6.33 Å². The van der Waals surface area contributed by atoms with Crippen molar-refractivity contribution in [3.8, 4) is 0 Å². The van der Waals surface area contributed by atoms with Crippen LogP contribution < -0.4 is 0 Å². The van der Waals surface area contributed by atoms with E-state index in [9.17, 15) is 4.79 Å². The Kier molecular flexibility index (Phi) is 4.46. The molecule has 1 aromatic rings. The van der Waals surface area contributed by atoms with Crippen molar-refractivity contribution in [3.63, 3.8) is 0 Å². The van der Waals surface area contributed by atoms with Gasteiger partial charge < -0.3 is 14.2 Å². The number of hydrogen-bond acceptors (Lipinski definition) is 5. The summed E-state index contributed by atoms with van der Waals surface area (Å²) >= 11 is 5.49. The molecule has 1 saturated carbocycles. The quantitative estimate of drug-likeness (QED) is 0.791. The molecule has 0 bridgehead atoms. The van der Waals surface area contributed by atoms with E-state index in [1.807, 2.05) is 31.8 Å². The lowest BCUT2D eigenvalue weighted by molar-refractivity contribution is 0.0113. The number of carbonyl (C=O) groups is 1. The number of carbonyl (C=O) groups excluding carboxylic acids is 1. The minimum atomic E-state index is -0.447. The zero-order chi connectivity index (χ0) is 16.6. The molecule has 1 aliphatic carbocycles. The molecule has 0 aromatic carbocycles. The van der Waals surface area contributed by atoms with Crippen LogP contribution in [-0.2, 0) is 11.4 Å². The predicted molar refractivity (Wildman–Crippen MR) is 88.7 cm³/mol. The summed E-state index contributed by atoms with van der Waals surface area (Å²) in [5.41, 5.74) is -0.447. The van der Waals surface area contributed by atoms with Gasteiger partial charge in [-0.3, -0.25) is 4.90 Å². The molecule has 128 valence electrons. The first-order chi connectivity index (χ1) is 10.8. The SMILES string of the molecule is CC(C)(C)OC(=O)N1CCN(Cn2ncn(C3CC3)c2=S)CC1. The molecule has 0 radical (unpaired) electrons. The molecule has 23 heavy (non-hydrogen) atoms. The molecule has 2 aliphatic rings. The topological polar surface area (TPSA) is 55.5 Å². The van der Waals surface area contributed by atoms with Crippen LogP contribution in [0.1, 0.15) is 39.7 Å². The van der Waals surface area contributed by atoms with Crippen molar-refractivity contribution in [2.24, 2.45) is 0 Å². The Balaban J connectivity index is 1.51. The van der Waals surface area contributed by atoms with E-state index in [1.165, 1.54) is 12.8 Å². The van der Waals surface area contributed by atoms with E-state index < -0.39 is 5.60 Å². The van der Waals surface area contributed by atoms with E-state index in [-0.39, 0.29) is 6.09 Å². The highest BCUT2D eigenvalue weighted by molar-refractivity contribution is 7.71. The summed E-state index contributed by atoms with van der Waals surface area (Å²) in [5, 5.41) is 4.40. The van der Waals surface area contributed by atoms with E-state index >= 15 is 0 Å². The Bertz CT molecular complexity index is 621. The number of aromatic nitrogens is 3. The summed E-state index contributed by atoms with van der Waals surface area (Å²) < 4.78 is 10.2. The fourth-order valence-electron chi connectivity index (χ4n) is 2.64. The van der Waals surface area contributed by atoms with Gasteiger partial charge in [-0.15, -0.1) is 0 Å². The lowest BCUT2D eigenvalue weighted by Crippen LogP contribution is -2.50. The highest BCUT2D eigenvalue weighted by Crippen LogP contribution is 2.34. The maximum atomic E-state index is 12.1. The fourth-order valence-corrected chi connectivity index (χ4v) is 2.94. The molecule has 0 spiro atoms. The molecule has 2 heterocycles. The normalized spacial score (nSPS) is 19.9. The van der Waals surface area contributed by atoms with Crippen molar-refractivity contribution in [2.45, 2.75) is 51.9 Å². The summed E-state index contributed by atoms with van der Waals surface area (Å²) in [5.74, 6) is 0. The van der Waals surface area contributed by atoms with Gasteiger partial charge in [0.25, 0.3) is 0 Å². The molecule has 1 amide bonds. The zero-order valence-electron chi connectivity index (χ0n) is 14.1. The number of rotatable bonds is 3. The van der Waals surface area contributed by atoms with Gasteiger partial charge in [0.05, 0.1) is 6.67 Å². The lowest BCUT2D eigenvalue weighted by Gasteiger charge is -2.35. The van der Waals surface area contributed by atoms with Gasteiger partial charge in [-0.1, -0.05) is 0 Å². The van der Waals surface area contributed by atoms with Crippen molar-refractivity contribution in [1.82, 2.24) is 24.1 Å². The van der Waals surface area contributed by atoms with Crippen molar-refractivity contribution in [3.05, 3.63) is 11.1 Å². The molecular formula is C15H25N5O2S. The first kappa shape index (κ1) is 16.4. The molecule has 3 rings (SSSR count). The van der Waals surface area contributed by atoms with Gasteiger partial charge >= 0.3 is 6.09 Å². The average molecular weight is 339 g/mol. The van der Waals surface area contributed by atoms with E-state index in [4.69, 9.17) is 17.0 Å². The van der Waals surface area contributed by atoms with Gasteiger partial charge in [0, 0.05) is 32.2 Å². The Morgan fingerprint density at radius 1 is 1.30 bits per heavy atom. The number of ether oxygens (including phenoxy) is 1. The monoisotopic (exact) mass is 339 g/mol. The van der Waals surface area contributed by atoms with E-state index in [2.05, 4.69) is 14.6 Å². The standard InChI is InChI=1S/C15H25N5O2S/c1-15(2,3)22-14(21)18-8-6-17(7-9-18)11-20-13(23)19(10-16-20)12-4-5-12/h10,12H,4-9,11H2,1-3H3. The third kappa shape index (κ3) is 4.11. The number of hydrogen-bond donors (Lipinski definition) is 0. The van der Waals surface area contributed by atoms with Gasteiger partial charge in [-0.2, -0.15) is 5.10 Å². The molecule has 7 nitrogen and oxygen atoms in total. The zero-order valence-corrected chi connectivity index (χ0v) is 14.9. The van der Waals surface area contributed by atoms with Crippen LogP contribution in [0.2, 0.25) is 0 Å². The Morgan fingerprint density at radius 2 is 1.96 bits per heavy atom. The highest BCUT2D eigenvalue weighted by Gasteiger charge is 2.27. The lowest BCUT2D eigenvalue weighted by atomic mass is 10.2. The van der Waals surface area contributed by atoms with Crippen LogP contribution in [0.4, 0.5) is 4.79 Å². The maximum absolute atomic E-state index is 12.1. The third-order valence-electron chi connectivity index (χ3n) is 4.06. The van der Waals surface area contributed by atoms with Crippen LogP contribution in [0.25, 0.3) is 0 Å². The molecule has 0 N–H and O–H groups in total. The summed E-state index contributed by atoms with van der Waals surface area (Å²) in [6, 6.07) is 0.556. The Hall–Kier alpha value is -1.41. The molecule has 1 aromatic heterocycles. The molecule has 8 heteroatoms. The summed E-state index contributed by atoms with van der Waals surface area (Å²) in [6.45, 7) is 9.30. The second-order valence-electron chi connectivity index (χ2n) is 7.28. The fraction of sp³-hybridized carbons (Fsp3) is 0.800. The van der Waals surface area contributed by atoms with Crippen molar-refractivity contribution < 1.29 is 9.53 Å². The van der Waals surface area contributed by atoms with Gasteiger partial charge in [0.15, 0.2) is 4.77 Å². The molecular weight excluding hydrogens is 314 g/mol. The van der Waals surface area contributed by atoms with E-state index in [1.54, 1.807) is 4.90 Å². The Labute approximate surface area is 141 Å².